The molecule has 2 aromatic rings. The van der Waals surface area contributed by atoms with Crippen LogP contribution in [0.5, 0.6) is 5.75 Å². The van der Waals surface area contributed by atoms with Gasteiger partial charge in [-0.2, -0.15) is 0 Å². The first-order chi connectivity index (χ1) is 14.3. The van der Waals surface area contributed by atoms with Gasteiger partial charge in [-0.05, 0) is 56.4 Å². The van der Waals surface area contributed by atoms with Crippen LogP contribution in [-0.4, -0.2) is 57.2 Å². The monoisotopic (exact) mass is 428 g/mol. The Bertz CT molecular complexity index is 914. The number of rotatable bonds is 6. The van der Waals surface area contributed by atoms with Crippen LogP contribution in [0, 0.1) is 6.92 Å². The number of amides is 1. The van der Waals surface area contributed by atoms with Crippen LogP contribution in [0.4, 0.5) is 5.69 Å². The first-order valence-corrected chi connectivity index (χ1v) is 10.7. The van der Waals surface area contributed by atoms with Crippen molar-refractivity contribution in [2.45, 2.75) is 30.1 Å². The van der Waals surface area contributed by atoms with E-state index in [1.165, 1.54) is 6.92 Å². The van der Waals surface area contributed by atoms with Crippen LogP contribution in [0.3, 0.4) is 0 Å². The van der Waals surface area contributed by atoms with Gasteiger partial charge in [0, 0.05) is 24.9 Å². The van der Waals surface area contributed by atoms with Crippen molar-refractivity contribution in [1.29, 1.82) is 0 Å². The zero-order chi connectivity index (χ0) is 21.8. The minimum atomic E-state index is -0.921. The van der Waals surface area contributed by atoms with Gasteiger partial charge in [-0.3, -0.25) is 9.59 Å². The third-order valence-electron chi connectivity index (χ3n) is 4.95. The van der Waals surface area contributed by atoms with E-state index in [0.29, 0.717) is 13.1 Å². The van der Waals surface area contributed by atoms with Gasteiger partial charge < -0.3 is 19.3 Å². The van der Waals surface area contributed by atoms with Crippen molar-refractivity contribution in [3.05, 3.63) is 53.6 Å². The molecular formula is C23H28N2O4S. The summed E-state index contributed by atoms with van der Waals surface area (Å²) in [5, 5.41) is -0.363. The van der Waals surface area contributed by atoms with Gasteiger partial charge in [0.1, 0.15) is 5.75 Å². The molecule has 1 amide bonds. The van der Waals surface area contributed by atoms with E-state index in [9.17, 15) is 9.59 Å². The maximum Gasteiger partial charge on any atom is 0.303 e. The quantitative estimate of drug-likeness (QED) is 0.655. The number of aryl methyl sites for hydroxylation is 1. The number of carbonyl (C=O) groups excluding carboxylic acids is 2. The SMILES string of the molecule is COc1ccc([C@@H]2Sc3ccc(C)cc3N(CCN(C)C)C(=O)[C@@H]2OC(C)=O)cc1. The fourth-order valence-corrected chi connectivity index (χ4v) is 4.70. The second kappa shape index (κ2) is 9.53. The number of esters is 1. The molecule has 6 nitrogen and oxygen atoms in total. The number of carbonyl (C=O) groups is 2. The molecular weight excluding hydrogens is 400 g/mol. The zero-order valence-corrected chi connectivity index (χ0v) is 18.9. The predicted octanol–water partition coefficient (Wildman–Crippen LogP) is 3.68. The molecule has 0 bridgehead atoms. The molecule has 30 heavy (non-hydrogen) atoms. The first kappa shape index (κ1) is 22.2. The van der Waals surface area contributed by atoms with Crippen molar-refractivity contribution in [1.82, 2.24) is 4.90 Å². The minimum absolute atomic E-state index is 0.204. The Morgan fingerprint density at radius 3 is 2.47 bits per heavy atom. The normalized spacial score (nSPS) is 18.7. The Morgan fingerprint density at radius 1 is 1.17 bits per heavy atom. The van der Waals surface area contributed by atoms with Gasteiger partial charge in [-0.15, -0.1) is 11.8 Å². The molecule has 0 aliphatic carbocycles. The Labute approximate surface area is 182 Å². The second-order valence-electron chi connectivity index (χ2n) is 7.61. The largest absolute Gasteiger partial charge is 0.497 e. The highest BCUT2D eigenvalue weighted by atomic mass is 32.2. The van der Waals surface area contributed by atoms with E-state index in [1.54, 1.807) is 23.8 Å². The highest BCUT2D eigenvalue weighted by Gasteiger charge is 2.40. The summed E-state index contributed by atoms with van der Waals surface area (Å²) in [6.07, 6.45) is -0.921. The van der Waals surface area contributed by atoms with Crippen LogP contribution in [-0.2, 0) is 14.3 Å². The molecule has 2 aromatic carbocycles. The lowest BCUT2D eigenvalue weighted by Gasteiger charge is -2.28. The molecule has 1 aliphatic rings. The van der Waals surface area contributed by atoms with Crippen molar-refractivity contribution in [2.75, 3.05) is 39.2 Å². The molecule has 0 fully saturated rings. The van der Waals surface area contributed by atoms with Crippen molar-refractivity contribution in [3.8, 4) is 5.75 Å². The average Bonchev–Trinajstić information content (AvgIpc) is 2.81. The molecule has 1 aliphatic heterocycles. The van der Waals surface area contributed by atoms with Gasteiger partial charge >= 0.3 is 5.97 Å². The highest BCUT2D eigenvalue weighted by Crippen LogP contribution is 2.47. The summed E-state index contributed by atoms with van der Waals surface area (Å²) in [5.74, 6) is 0.0586. The summed E-state index contributed by atoms with van der Waals surface area (Å²) < 4.78 is 10.9. The van der Waals surface area contributed by atoms with Crippen molar-refractivity contribution in [2.24, 2.45) is 0 Å². The van der Waals surface area contributed by atoms with E-state index in [0.717, 1.165) is 27.5 Å². The summed E-state index contributed by atoms with van der Waals surface area (Å²) in [6.45, 7) is 4.56. The standard InChI is InChI=1S/C23H28N2O4S/c1-15-6-11-20-19(14-15)25(13-12-24(3)4)23(27)21(29-16(2)26)22(30-20)17-7-9-18(28-5)10-8-17/h6-11,14,21-22H,12-13H2,1-5H3/t21-,22+/m1/s1. The van der Waals surface area contributed by atoms with E-state index >= 15 is 0 Å². The Morgan fingerprint density at radius 2 is 1.87 bits per heavy atom. The molecule has 2 atom stereocenters. The van der Waals surface area contributed by atoms with Gasteiger partial charge in [0.25, 0.3) is 5.91 Å². The van der Waals surface area contributed by atoms with Crippen molar-refractivity contribution < 1.29 is 19.1 Å². The third-order valence-corrected chi connectivity index (χ3v) is 6.32. The lowest BCUT2D eigenvalue weighted by Crippen LogP contribution is -2.45. The van der Waals surface area contributed by atoms with Crippen LogP contribution in [0.2, 0.25) is 0 Å². The van der Waals surface area contributed by atoms with E-state index in [2.05, 4.69) is 0 Å². The number of likely N-dealkylation sites (N-methyl/N-ethyl adjacent to an activating group) is 1. The molecule has 0 aromatic heterocycles. The number of fused-ring (bicyclic) bond motifs is 1. The van der Waals surface area contributed by atoms with Gasteiger partial charge in [0.2, 0.25) is 0 Å². The molecule has 160 valence electrons. The predicted molar refractivity (Wildman–Crippen MR) is 119 cm³/mol. The van der Waals surface area contributed by atoms with Gasteiger partial charge in [-0.1, -0.05) is 18.2 Å². The number of hydrogen-bond acceptors (Lipinski definition) is 6. The lowest BCUT2D eigenvalue weighted by atomic mass is 10.1. The fraction of sp³-hybridized carbons (Fsp3) is 0.391. The number of benzene rings is 2. The van der Waals surface area contributed by atoms with E-state index in [-0.39, 0.29) is 11.2 Å². The topological polar surface area (TPSA) is 59.1 Å². The van der Waals surface area contributed by atoms with Gasteiger partial charge in [-0.25, -0.2) is 0 Å². The molecule has 7 heteroatoms. The van der Waals surface area contributed by atoms with E-state index in [4.69, 9.17) is 9.47 Å². The molecule has 0 N–H and O–H groups in total. The lowest BCUT2D eigenvalue weighted by molar-refractivity contribution is -0.152. The molecule has 0 spiro atoms. The smallest absolute Gasteiger partial charge is 0.303 e. The Hall–Kier alpha value is -2.51. The number of anilines is 1. The second-order valence-corrected chi connectivity index (χ2v) is 8.79. The minimum Gasteiger partial charge on any atom is -0.497 e. The zero-order valence-electron chi connectivity index (χ0n) is 18.0. The molecule has 0 radical (unpaired) electrons. The van der Waals surface area contributed by atoms with Gasteiger partial charge in [0.15, 0.2) is 6.10 Å². The molecule has 0 saturated heterocycles. The number of thioether (sulfide) groups is 1. The van der Waals surface area contributed by atoms with Crippen LogP contribution < -0.4 is 9.64 Å². The van der Waals surface area contributed by atoms with Crippen LogP contribution >= 0.6 is 11.8 Å². The van der Waals surface area contributed by atoms with Crippen LogP contribution in [0.1, 0.15) is 23.3 Å². The Kier molecular flexibility index (Phi) is 7.05. The highest BCUT2D eigenvalue weighted by molar-refractivity contribution is 7.99. The average molecular weight is 429 g/mol. The maximum absolute atomic E-state index is 13.7. The molecule has 1 heterocycles. The number of nitrogens with zero attached hydrogens (tertiary/aromatic N) is 2. The molecule has 0 saturated carbocycles. The first-order valence-electron chi connectivity index (χ1n) is 9.84. The van der Waals surface area contributed by atoms with Gasteiger partial charge in [0.05, 0.1) is 18.0 Å². The van der Waals surface area contributed by atoms with E-state index in [1.807, 2.05) is 68.4 Å². The molecule has 0 unspecified atom stereocenters. The van der Waals surface area contributed by atoms with Crippen molar-refractivity contribution in [3.63, 3.8) is 0 Å². The molecule has 3 rings (SSSR count). The summed E-state index contributed by atoms with van der Waals surface area (Å²) in [6, 6.07) is 13.7. The summed E-state index contributed by atoms with van der Waals surface area (Å²) in [5.41, 5.74) is 2.84. The third kappa shape index (κ3) is 4.96. The fourth-order valence-electron chi connectivity index (χ4n) is 3.40. The van der Waals surface area contributed by atoms with E-state index < -0.39 is 12.1 Å². The number of ether oxygens (including phenoxy) is 2. The Balaban J connectivity index is 2.09. The maximum atomic E-state index is 13.7. The number of hydrogen-bond donors (Lipinski definition) is 0. The van der Waals surface area contributed by atoms with Crippen LogP contribution in [0.15, 0.2) is 47.4 Å². The van der Waals surface area contributed by atoms with Crippen molar-refractivity contribution >= 4 is 29.3 Å². The summed E-state index contributed by atoms with van der Waals surface area (Å²) in [7, 11) is 5.55. The summed E-state index contributed by atoms with van der Waals surface area (Å²) in [4.78, 5) is 30.4. The number of methoxy groups -OCH3 is 1. The summed E-state index contributed by atoms with van der Waals surface area (Å²) >= 11 is 1.55. The van der Waals surface area contributed by atoms with Crippen LogP contribution in [0.25, 0.3) is 0 Å².